The van der Waals surface area contributed by atoms with Gasteiger partial charge in [0.1, 0.15) is 5.82 Å². The van der Waals surface area contributed by atoms with Gasteiger partial charge >= 0.3 is 0 Å². The number of nitrogens with zero attached hydrogens (tertiary/aromatic N) is 2. The quantitative estimate of drug-likeness (QED) is 0.745. The van der Waals surface area contributed by atoms with Crippen LogP contribution in [0, 0.1) is 0 Å². The average molecular weight is 199 g/mol. The van der Waals surface area contributed by atoms with Crippen molar-refractivity contribution >= 4 is 12.1 Å². The van der Waals surface area contributed by atoms with Crippen molar-refractivity contribution in [2.24, 2.45) is 0 Å². The van der Waals surface area contributed by atoms with E-state index in [9.17, 15) is 4.79 Å². The highest BCUT2D eigenvalue weighted by molar-refractivity contribution is 5.85. The number of anilines is 1. The minimum absolute atomic E-state index is 0.390. The molecule has 0 fully saturated rings. The topological polar surface area (TPSA) is 68.9 Å². The minimum atomic E-state index is 0.390. The molecule has 15 heavy (non-hydrogen) atoms. The summed E-state index contributed by atoms with van der Waals surface area (Å²) in [5.74, 6) is 0.860. The maximum absolute atomic E-state index is 10.8. The number of benzene rings is 1. The van der Waals surface area contributed by atoms with Crippen LogP contribution in [0.15, 0.2) is 36.5 Å². The van der Waals surface area contributed by atoms with Crippen molar-refractivity contribution in [2.45, 2.75) is 0 Å². The number of aldehydes is 1. The summed E-state index contributed by atoms with van der Waals surface area (Å²) in [7, 11) is 0. The first-order valence-corrected chi connectivity index (χ1v) is 4.44. The first-order valence-electron chi connectivity index (χ1n) is 4.44. The first kappa shape index (κ1) is 9.33. The van der Waals surface area contributed by atoms with Gasteiger partial charge in [-0.1, -0.05) is 24.3 Å². The number of hydrogen-bond acceptors (Lipinski definition) is 4. The largest absolute Gasteiger partial charge is 0.384 e. The maximum atomic E-state index is 10.8. The van der Waals surface area contributed by atoms with Gasteiger partial charge in [0.05, 0.1) is 0 Å². The summed E-state index contributed by atoms with van der Waals surface area (Å²) in [6, 6.07) is 8.73. The van der Waals surface area contributed by atoms with E-state index in [1.807, 2.05) is 6.07 Å². The second kappa shape index (κ2) is 3.88. The second-order valence-electron chi connectivity index (χ2n) is 3.01. The lowest BCUT2D eigenvalue weighted by molar-refractivity contribution is 0.112. The van der Waals surface area contributed by atoms with Gasteiger partial charge in [-0.15, -0.1) is 0 Å². The summed E-state index contributed by atoms with van der Waals surface area (Å²) >= 11 is 0. The van der Waals surface area contributed by atoms with E-state index in [0.717, 1.165) is 6.29 Å². The van der Waals surface area contributed by atoms with E-state index in [1.54, 1.807) is 30.5 Å². The van der Waals surface area contributed by atoms with Crippen LogP contribution < -0.4 is 5.73 Å². The van der Waals surface area contributed by atoms with Crippen LogP contribution in [0.4, 0.5) is 5.82 Å². The Morgan fingerprint density at radius 2 is 2.00 bits per heavy atom. The maximum Gasteiger partial charge on any atom is 0.162 e. The lowest BCUT2D eigenvalue weighted by Crippen LogP contribution is -1.96. The number of carbonyl (C=O) groups is 1. The molecule has 2 N–H and O–H groups in total. The molecule has 0 amide bonds. The molecule has 1 aromatic carbocycles. The Balaban J connectivity index is 2.58. The van der Waals surface area contributed by atoms with E-state index < -0.39 is 0 Å². The summed E-state index contributed by atoms with van der Waals surface area (Å²) in [5, 5.41) is 0. The molecule has 2 aromatic rings. The predicted molar refractivity (Wildman–Crippen MR) is 57.3 cm³/mol. The van der Waals surface area contributed by atoms with Gasteiger partial charge in [0.15, 0.2) is 12.1 Å². The lowest BCUT2D eigenvalue weighted by Gasteiger charge is -2.02. The van der Waals surface area contributed by atoms with E-state index >= 15 is 0 Å². The predicted octanol–water partition coefficient (Wildman–Crippen LogP) is 1.54. The molecule has 0 aliphatic rings. The number of nitrogen functional groups attached to an aromatic ring is 1. The monoisotopic (exact) mass is 199 g/mol. The summed E-state index contributed by atoms with van der Waals surface area (Å²) in [6.07, 6.45) is 2.35. The Morgan fingerprint density at radius 3 is 2.73 bits per heavy atom. The van der Waals surface area contributed by atoms with Crippen LogP contribution in [0.25, 0.3) is 11.4 Å². The molecule has 1 aromatic heterocycles. The van der Waals surface area contributed by atoms with Crippen molar-refractivity contribution < 1.29 is 4.79 Å². The number of carbonyl (C=O) groups excluding carboxylic acids is 1. The Bertz CT molecular complexity index is 497. The minimum Gasteiger partial charge on any atom is -0.384 e. The van der Waals surface area contributed by atoms with Crippen molar-refractivity contribution in [3.05, 3.63) is 42.1 Å². The second-order valence-corrected chi connectivity index (χ2v) is 3.01. The van der Waals surface area contributed by atoms with E-state index in [1.165, 1.54) is 0 Å². The SMILES string of the molecule is Nc1ccnc(-c2ccccc2C=O)n1. The van der Waals surface area contributed by atoms with Crippen LogP contribution in [-0.4, -0.2) is 16.3 Å². The van der Waals surface area contributed by atoms with Crippen molar-refractivity contribution in [3.8, 4) is 11.4 Å². The number of aromatic nitrogens is 2. The molecule has 0 saturated carbocycles. The molecule has 0 saturated heterocycles. The summed E-state index contributed by atoms with van der Waals surface area (Å²) < 4.78 is 0. The van der Waals surface area contributed by atoms with Crippen molar-refractivity contribution in [2.75, 3.05) is 5.73 Å². The van der Waals surface area contributed by atoms with E-state index in [0.29, 0.717) is 22.8 Å². The molecule has 4 heteroatoms. The normalized spacial score (nSPS) is 9.87. The van der Waals surface area contributed by atoms with Crippen LogP contribution in [-0.2, 0) is 0 Å². The fourth-order valence-corrected chi connectivity index (χ4v) is 1.31. The average Bonchev–Trinajstić information content (AvgIpc) is 2.29. The zero-order chi connectivity index (χ0) is 10.7. The van der Waals surface area contributed by atoms with Crippen LogP contribution in [0.5, 0.6) is 0 Å². The molecule has 0 aliphatic carbocycles. The molecule has 0 atom stereocenters. The van der Waals surface area contributed by atoms with Crippen LogP contribution in [0.3, 0.4) is 0 Å². The van der Waals surface area contributed by atoms with Crippen LogP contribution in [0.1, 0.15) is 10.4 Å². The summed E-state index contributed by atoms with van der Waals surface area (Å²) in [5.41, 5.74) is 6.80. The molecular weight excluding hydrogens is 190 g/mol. The van der Waals surface area contributed by atoms with Gasteiger partial charge in [0, 0.05) is 17.3 Å². The molecule has 1 heterocycles. The first-order chi connectivity index (χ1) is 7.31. The third-order valence-corrected chi connectivity index (χ3v) is 2.01. The van der Waals surface area contributed by atoms with Gasteiger partial charge in [-0.2, -0.15) is 0 Å². The fraction of sp³-hybridized carbons (Fsp3) is 0. The summed E-state index contributed by atoms with van der Waals surface area (Å²) in [6.45, 7) is 0. The summed E-state index contributed by atoms with van der Waals surface area (Å²) in [4.78, 5) is 18.9. The Kier molecular flexibility index (Phi) is 2.41. The zero-order valence-electron chi connectivity index (χ0n) is 7.92. The Hall–Kier alpha value is -2.23. The highest BCUT2D eigenvalue weighted by Gasteiger charge is 2.05. The van der Waals surface area contributed by atoms with Crippen LogP contribution in [0.2, 0.25) is 0 Å². The number of rotatable bonds is 2. The molecule has 0 radical (unpaired) electrons. The van der Waals surface area contributed by atoms with Crippen molar-refractivity contribution in [1.29, 1.82) is 0 Å². The third kappa shape index (κ3) is 1.83. The zero-order valence-corrected chi connectivity index (χ0v) is 7.92. The number of hydrogen-bond donors (Lipinski definition) is 1. The van der Waals surface area contributed by atoms with Crippen molar-refractivity contribution in [1.82, 2.24) is 9.97 Å². The highest BCUT2D eigenvalue weighted by Crippen LogP contribution is 2.18. The smallest absolute Gasteiger partial charge is 0.162 e. The molecule has 0 spiro atoms. The Labute approximate surface area is 86.8 Å². The number of nitrogens with two attached hydrogens (primary N) is 1. The highest BCUT2D eigenvalue weighted by atomic mass is 16.1. The molecule has 74 valence electrons. The molecule has 0 bridgehead atoms. The molecule has 4 nitrogen and oxygen atoms in total. The van der Waals surface area contributed by atoms with E-state index in [2.05, 4.69) is 9.97 Å². The van der Waals surface area contributed by atoms with Gasteiger partial charge in [0.25, 0.3) is 0 Å². The van der Waals surface area contributed by atoms with Gasteiger partial charge in [-0.05, 0) is 6.07 Å². The van der Waals surface area contributed by atoms with Gasteiger partial charge < -0.3 is 5.73 Å². The van der Waals surface area contributed by atoms with Gasteiger partial charge in [0.2, 0.25) is 0 Å². The molecular formula is C11H9N3O. The lowest BCUT2D eigenvalue weighted by atomic mass is 10.1. The molecule has 0 unspecified atom stereocenters. The van der Waals surface area contributed by atoms with Crippen LogP contribution >= 0.6 is 0 Å². The fourth-order valence-electron chi connectivity index (χ4n) is 1.31. The van der Waals surface area contributed by atoms with E-state index in [-0.39, 0.29) is 0 Å². The van der Waals surface area contributed by atoms with Gasteiger partial charge in [-0.25, -0.2) is 9.97 Å². The third-order valence-electron chi connectivity index (χ3n) is 2.01. The van der Waals surface area contributed by atoms with E-state index in [4.69, 9.17) is 5.73 Å². The molecule has 0 aliphatic heterocycles. The van der Waals surface area contributed by atoms with Crippen molar-refractivity contribution in [3.63, 3.8) is 0 Å². The molecule has 2 rings (SSSR count). The standard InChI is InChI=1S/C11H9N3O/c12-10-5-6-13-11(14-10)9-4-2-1-3-8(9)7-15/h1-7H,(H2,12,13,14). The Morgan fingerprint density at radius 1 is 1.20 bits per heavy atom. The van der Waals surface area contributed by atoms with Gasteiger partial charge in [-0.3, -0.25) is 4.79 Å².